The van der Waals surface area contributed by atoms with Crippen molar-refractivity contribution in [3.8, 4) is 0 Å². The highest BCUT2D eigenvalue weighted by atomic mass is 35.5. The molecule has 0 aliphatic heterocycles. The third-order valence-electron chi connectivity index (χ3n) is 3.38. The zero-order chi connectivity index (χ0) is 15.1. The van der Waals surface area contributed by atoms with Crippen LogP contribution in [0.15, 0.2) is 23.4 Å². The van der Waals surface area contributed by atoms with Crippen LogP contribution >= 0.6 is 11.6 Å². The van der Waals surface area contributed by atoms with E-state index in [9.17, 15) is 5.11 Å². The van der Waals surface area contributed by atoms with Gasteiger partial charge in [0, 0.05) is 28.9 Å². The van der Waals surface area contributed by atoms with E-state index in [1.54, 1.807) is 12.1 Å². The van der Waals surface area contributed by atoms with Crippen LogP contribution < -0.4 is 10.6 Å². The second-order valence-electron chi connectivity index (χ2n) is 4.53. The molecule has 0 radical (unpaired) electrons. The van der Waals surface area contributed by atoms with E-state index in [1.165, 1.54) is 0 Å². The van der Waals surface area contributed by atoms with Crippen molar-refractivity contribution in [2.75, 3.05) is 18.1 Å². The van der Waals surface area contributed by atoms with Gasteiger partial charge in [-0.3, -0.25) is 0 Å². The number of oxime groups is 1. The molecule has 0 bridgehead atoms. The predicted octanol–water partition coefficient (Wildman–Crippen LogP) is 2.42. The number of benzene rings is 1. The molecule has 0 saturated carbocycles. The Kier molecular flexibility index (Phi) is 6.61. The first-order valence-electron chi connectivity index (χ1n) is 6.73. The van der Waals surface area contributed by atoms with Gasteiger partial charge in [-0.05, 0) is 31.0 Å². The van der Waals surface area contributed by atoms with Crippen molar-refractivity contribution in [1.29, 1.82) is 0 Å². The molecular weight excluding hydrogens is 278 g/mol. The highest BCUT2D eigenvalue weighted by Gasteiger charge is 2.20. The quantitative estimate of drug-likeness (QED) is 0.312. The van der Waals surface area contributed by atoms with Crippen molar-refractivity contribution in [2.45, 2.75) is 32.7 Å². The molecule has 1 aromatic carbocycles. The maximum absolute atomic E-state index is 9.30. The van der Waals surface area contributed by atoms with E-state index in [2.05, 4.69) is 23.9 Å². The van der Waals surface area contributed by atoms with Gasteiger partial charge in [0.2, 0.25) is 0 Å². The van der Waals surface area contributed by atoms with Crippen molar-refractivity contribution >= 4 is 23.1 Å². The van der Waals surface area contributed by atoms with Gasteiger partial charge in [0.25, 0.3) is 0 Å². The van der Waals surface area contributed by atoms with E-state index in [0.29, 0.717) is 17.1 Å². The second kappa shape index (κ2) is 7.97. The minimum absolute atomic E-state index is 0.0106. The molecule has 0 spiro atoms. The molecule has 112 valence electrons. The standard InChI is InChI=1S/C14H22ClN3O2/c1-3-11(4-2)18(7-8-19)13-6-5-10(15)9-12(13)14(16)17-20/h5-6,9,11,19-20H,3-4,7-8H2,1-2H3,(H2,16,17). The van der Waals surface area contributed by atoms with Crippen LogP contribution in [-0.2, 0) is 0 Å². The van der Waals surface area contributed by atoms with Crippen LogP contribution in [0.25, 0.3) is 0 Å². The fraction of sp³-hybridized carbons (Fsp3) is 0.500. The molecule has 0 fully saturated rings. The number of aliphatic hydroxyl groups is 1. The summed E-state index contributed by atoms with van der Waals surface area (Å²) in [6.07, 6.45) is 1.88. The Morgan fingerprint density at radius 1 is 1.40 bits per heavy atom. The van der Waals surface area contributed by atoms with Crippen molar-refractivity contribution in [3.63, 3.8) is 0 Å². The lowest BCUT2D eigenvalue weighted by atomic mass is 10.1. The largest absolute Gasteiger partial charge is 0.409 e. The molecule has 5 nitrogen and oxygen atoms in total. The summed E-state index contributed by atoms with van der Waals surface area (Å²) in [6, 6.07) is 5.54. The molecule has 0 heterocycles. The molecule has 1 rings (SSSR count). The Hall–Kier alpha value is -1.46. The van der Waals surface area contributed by atoms with Gasteiger partial charge in [-0.2, -0.15) is 0 Å². The van der Waals surface area contributed by atoms with Gasteiger partial charge >= 0.3 is 0 Å². The number of nitrogens with two attached hydrogens (primary N) is 1. The lowest BCUT2D eigenvalue weighted by Crippen LogP contribution is -2.38. The maximum atomic E-state index is 9.30. The zero-order valence-electron chi connectivity index (χ0n) is 11.9. The van der Waals surface area contributed by atoms with Gasteiger partial charge in [0.1, 0.15) is 0 Å². The van der Waals surface area contributed by atoms with Crippen molar-refractivity contribution < 1.29 is 10.3 Å². The van der Waals surface area contributed by atoms with Gasteiger partial charge in [-0.1, -0.05) is 30.6 Å². The van der Waals surface area contributed by atoms with Crippen LogP contribution in [0.4, 0.5) is 5.69 Å². The summed E-state index contributed by atoms with van der Waals surface area (Å²) in [5.41, 5.74) is 7.12. The van der Waals surface area contributed by atoms with Crippen molar-refractivity contribution in [1.82, 2.24) is 0 Å². The molecule has 0 aromatic heterocycles. The number of nitrogens with zero attached hydrogens (tertiary/aromatic N) is 2. The van der Waals surface area contributed by atoms with E-state index in [1.807, 2.05) is 6.07 Å². The number of rotatable bonds is 7. The Bertz CT molecular complexity index is 462. The molecule has 1 aromatic rings. The number of anilines is 1. The van der Waals surface area contributed by atoms with E-state index < -0.39 is 0 Å². The lowest BCUT2D eigenvalue weighted by molar-refractivity contribution is 0.296. The van der Waals surface area contributed by atoms with Gasteiger partial charge in [-0.25, -0.2) is 0 Å². The van der Waals surface area contributed by atoms with E-state index in [-0.39, 0.29) is 18.5 Å². The monoisotopic (exact) mass is 299 g/mol. The molecule has 0 saturated heterocycles. The third-order valence-corrected chi connectivity index (χ3v) is 3.61. The fourth-order valence-corrected chi connectivity index (χ4v) is 2.53. The number of amidine groups is 1. The molecular formula is C14H22ClN3O2. The molecule has 6 heteroatoms. The Morgan fingerprint density at radius 2 is 2.05 bits per heavy atom. The van der Waals surface area contributed by atoms with E-state index in [4.69, 9.17) is 22.5 Å². The van der Waals surface area contributed by atoms with Crippen LogP contribution in [-0.4, -0.2) is 35.3 Å². The molecule has 4 N–H and O–H groups in total. The molecule has 0 unspecified atom stereocenters. The van der Waals surface area contributed by atoms with Crippen LogP contribution in [0.1, 0.15) is 32.3 Å². The number of hydrogen-bond acceptors (Lipinski definition) is 4. The summed E-state index contributed by atoms with van der Waals surface area (Å²) in [7, 11) is 0. The lowest BCUT2D eigenvalue weighted by Gasteiger charge is -2.33. The molecule has 0 aliphatic rings. The number of halogens is 1. The first kappa shape index (κ1) is 16.6. The van der Waals surface area contributed by atoms with E-state index in [0.717, 1.165) is 18.5 Å². The van der Waals surface area contributed by atoms with Crippen LogP contribution in [0.3, 0.4) is 0 Å². The minimum atomic E-state index is 0.0106. The molecule has 0 amide bonds. The molecule has 0 aliphatic carbocycles. The van der Waals surface area contributed by atoms with Gasteiger partial charge in [0.15, 0.2) is 5.84 Å². The summed E-state index contributed by atoms with van der Waals surface area (Å²) in [5.74, 6) is 0.0106. The van der Waals surface area contributed by atoms with Crippen LogP contribution in [0.2, 0.25) is 5.02 Å². The topological polar surface area (TPSA) is 82.1 Å². The normalized spacial score (nSPS) is 11.9. The van der Waals surface area contributed by atoms with Gasteiger partial charge < -0.3 is 20.9 Å². The summed E-state index contributed by atoms with van der Waals surface area (Å²) in [5, 5.41) is 21.8. The summed E-state index contributed by atoms with van der Waals surface area (Å²) >= 11 is 5.99. The Morgan fingerprint density at radius 3 is 2.55 bits per heavy atom. The Balaban J connectivity index is 3.32. The molecule has 0 atom stereocenters. The molecule has 20 heavy (non-hydrogen) atoms. The first-order valence-corrected chi connectivity index (χ1v) is 7.11. The zero-order valence-corrected chi connectivity index (χ0v) is 12.6. The maximum Gasteiger partial charge on any atom is 0.172 e. The third kappa shape index (κ3) is 3.77. The summed E-state index contributed by atoms with van der Waals surface area (Å²) < 4.78 is 0. The summed E-state index contributed by atoms with van der Waals surface area (Å²) in [6.45, 7) is 4.71. The highest BCUT2D eigenvalue weighted by molar-refractivity contribution is 6.31. The minimum Gasteiger partial charge on any atom is -0.409 e. The van der Waals surface area contributed by atoms with E-state index >= 15 is 0 Å². The average molecular weight is 300 g/mol. The Labute approximate surface area is 124 Å². The second-order valence-corrected chi connectivity index (χ2v) is 4.97. The number of aliphatic hydroxyl groups excluding tert-OH is 1. The smallest absolute Gasteiger partial charge is 0.172 e. The van der Waals surface area contributed by atoms with Crippen LogP contribution in [0.5, 0.6) is 0 Å². The van der Waals surface area contributed by atoms with Crippen LogP contribution in [0, 0.1) is 0 Å². The van der Waals surface area contributed by atoms with Gasteiger partial charge in [0.05, 0.1) is 6.61 Å². The summed E-state index contributed by atoms with van der Waals surface area (Å²) in [4.78, 5) is 2.07. The fourth-order valence-electron chi connectivity index (χ4n) is 2.35. The SMILES string of the molecule is CCC(CC)N(CCO)c1ccc(Cl)cc1C(N)=NO. The van der Waals surface area contributed by atoms with Crippen molar-refractivity contribution in [3.05, 3.63) is 28.8 Å². The van der Waals surface area contributed by atoms with Crippen molar-refractivity contribution in [2.24, 2.45) is 10.9 Å². The predicted molar refractivity (Wildman–Crippen MR) is 82.8 cm³/mol. The number of hydrogen-bond donors (Lipinski definition) is 3. The van der Waals surface area contributed by atoms with Gasteiger partial charge in [-0.15, -0.1) is 0 Å². The highest BCUT2D eigenvalue weighted by Crippen LogP contribution is 2.27. The average Bonchev–Trinajstić information content (AvgIpc) is 2.46. The first-order chi connectivity index (χ1) is 9.58.